The second-order valence-corrected chi connectivity index (χ2v) is 6.05. The number of rotatable bonds is 4. The molecule has 0 amide bonds. The Hall–Kier alpha value is -1.36. The summed E-state index contributed by atoms with van der Waals surface area (Å²) in [6.07, 6.45) is 2.29. The smallest absolute Gasteiger partial charge is 0.252 e. The van der Waals surface area contributed by atoms with E-state index < -0.39 is 0 Å². The lowest BCUT2D eigenvalue weighted by Gasteiger charge is -2.35. The summed E-state index contributed by atoms with van der Waals surface area (Å²) in [5.41, 5.74) is -0.0515. The van der Waals surface area contributed by atoms with Gasteiger partial charge < -0.3 is 15.2 Å². The van der Waals surface area contributed by atoms with Crippen LogP contribution >= 0.6 is 0 Å². The lowest BCUT2D eigenvalue weighted by molar-refractivity contribution is 0.323. The summed E-state index contributed by atoms with van der Waals surface area (Å²) < 4.78 is 0. The maximum absolute atomic E-state index is 11.7. The van der Waals surface area contributed by atoms with Crippen molar-refractivity contribution in [2.24, 2.45) is 5.92 Å². The average Bonchev–Trinajstić information content (AvgIpc) is 2.46. The molecule has 0 saturated carbocycles. The van der Waals surface area contributed by atoms with Crippen molar-refractivity contribution in [2.45, 2.75) is 45.6 Å². The first-order valence-electron chi connectivity index (χ1n) is 7.54. The SMILES string of the molecule is CNC(C)C1CCN(c2cc(=O)[nH]c(C(C)C)n2)CC1. The number of anilines is 1. The molecule has 0 aliphatic carbocycles. The lowest BCUT2D eigenvalue weighted by Crippen LogP contribution is -2.41. The minimum absolute atomic E-state index is 0.0515. The fraction of sp³-hybridized carbons (Fsp3) is 0.733. The molecule has 1 atom stereocenters. The minimum atomic E-state index is -0.0515. The van der Waals surface area contributed by atoms with E-state index in [4.69, 9.17) is 0 Å². The number of hydrogen-bond acceptors (Lipinski definition) is 4. The number of piperidine rings is 1. The van der Waals surface area contributed by atoms with Crippen molar-refractivity contribution >= 4 is 5.82 Å². The highest BCUT2D eigenvalue weighted by molar-refractivity contribution is 5.38. The molecule has 0 spiro atoms. The Kier molecular flexibility index (Phi) is 4.81. The first-order valence-corrected chi connectivity index (χ1v) is 7.54. The van der Waals surface area contributed by atoms with E-state index in [1.54, 1.807) is 6.07 Å². The number of aromatic nitrogens is 2. The summed E-state index contributed by atoms with van der Waals surface area (Å²) >= 11 is 0. The van der Waals surface area contributed by atoms with Gasteiger partial charge in [-0.2, -0.15) is 0 Å². The van der Waals surface area contributed by atoms with E-state index in [-0.39, 0.29) is 11.5 Å². The first kappa shape index (κ1) is 15.0. The van der Waals surface area contributed by atoms with Crippen LogP contribution in [0.25, 0.3) is 0 Å². The van der Waals surface area contributed by atoms with Gasteiger partial charge in [0.15, 0.2) is 0 Å². The number of aromatic amines is 1. The van der Waals surface area contributed by atoms with Gasteiger partial charge in [0, 0.05) is 31.1 Å². The summed E-state index contributed by atoms with van der Waals surface area (Å²) in [5.74, 6) is 2.55. The fourth-order valence-electron chi connectivity index (χ4n) is 2.76. The lowest BCUT2D eigenvalue weighted by atomic mass is 9.90. The summed E-state index contributed by atoms with van der Waals surface area (Å²) in [6.45, 7) is 8.28. The normalized spacial score (nSPS) is 18.6. The Balaban J connectivity index is 2.09. The van der Waals surface area contributed by atoms with E-state index >= 15 is 0 Å². The highest BCUT2D eigenvalue weighted by Crippen LogP contribution is 2.24. The number of nitrogens with one attached hydrogen (secondary N) is 2. The molecule has 5 heteroatoms. The van der Waals surface area contributed by atoms with Crippen LogP contribution < -0.4 is 15.8 Å². The third kappa shape index (κ3) is 3.39. The van der Waals surface area contributed by atoms with Crippen molar-refractivity contribution in [3.63, 3.8) is 0 Å². The molecule has 1 saturated heterocycles. The van der Waals surface area contributed by atoms with Gasteiger partial charge in [-0.1, -0.05) is 13.8 Å². The zero-order chi connectivity index (χ0) is 14.7. The van der Waals surface area contributed by atoms with Gasteiger partial charge >= 0.3 is 0 Å². The van der Waals surface area contributed by atoms with Crippen molar-refractivity contribution in [3.05, 3.63) is 22.2 Å². The minimum Gasteiger partial charge on any atom is -0.356 e. The number of nitrogens with zero attached hydrogens (tertiary/aromatic N) is 2. The summed E-state index contributed by atoms with van der Waals surface area (Å²) in [7, 11) is 2.02. The number of H-pyrrole nitrogens is 1. The Morgan fingerprint density at radius 2 is 2.00 bits per heavy atom. The molecule has 0 radical (unpaired) electrons. The van der Waals surface area contributed by atoms with Gasteiger partial charge in [0.1, 0.15) is 11.6 Å². The van der Waals surface area contributed by atoms with Gasteiger partial charge in [0.25, 0.3) is 5.56 Å². The molecular formula is C15H26N4O. The van der Waals surface area contributed by atoms with E-state index in [9.17, 15) is 4.79 Å². The van der Waals surface area contributed by atoms with Crippen LogP contribution in [-0.2, 0) is 0 Å². The van der Waals surface area contributed by atoms with Crippen LogP contribution in [-0.4, -0.2) is 36.1 Å². The molecule has 2 N–H and O–H groups in total. The third-order valence-corrected chi connectivity index (χ3v) is 4.32. The van der Waals surface area contributed by atoms with E-state index in [1.807, 2.05) is 20.9 Å². The van der Waals surface area contributed by atoms with Crippen LogP contribution in [0.5, 0.6) is 0 Å². The first-order chi connectivity index (χ1) is 9.51. The maximum Gasteiger partial charge on any atom is 0.252 e. The van der Waals surface area contributed by atoms with Crippen molar-refractivity contribution in [2.75, 3.05) is 25.0 Å². The van der Waals surface area contributed by atoms with Crippen LogP contribution in [0.4, 0.5) is 5.82 Å². The molecule has 20 heavy (non-hydrogen) atoms. The standard InChI is InChI=1S/C15H26N4O/c1-10(2)15-17-13(9-14(20)18-15)19-7-5-12(6-8-19)11(3)16-4/h9-12,16H,5-8H2,1-4H3,(H,17,18,20). The van der Waals surface area contributed by atoms with Gasteiger partial charge in [-0.05, 0) is 32.7 Å². The Morgan fingerprint density at radius 3 is 2.55 bits per heavy atom. The van der Waals surface area contributed by atoms with Gasteiger partial charge in [-0.25, -0.2) is 4.98 Å². The van der Waals surface area contributed by atoms with E-state index in [0.29, 0.717) is 12.0 Å². The predicted molar refractivity (Wildman–Crippen MR) is 82.4 cm³/mol. The molecule has 1 aromatic rings. The highest BCUT2D eigenvalue weighted by atomic mass is 16.1. The van der Waals surface area contributed by atoms with E-state index in [0.717, 1.165) is 37.6 Å². The zero-order valence-electron chi connectivity index (χ0n) is 12.9. The number of hydrogen-bond donors (Lipinski definition) is 2. The summed E-state index contributed by atoms with van der Waals surface area (Å²) in [4.78, 5) is 21.4. The van der Waals surface area contributed by atoms with Gasteiger partial charge in [0.2, 0.25) is 0 Å². The average molecular weight is 278 g/mol. The van der Waals surface area contributed by atoms with E-state index in [1.165, 1.54) is 0 Å². The molecule has 1 aromatic heterocycles. The largest absolute Gasteiger partial charge is 0.356 e. The molecule has 112 valence electrons. The van der Waals surface area contributed by atoms with Crippen LogP contribution in [0, 0.1) is 5.92 Å². The Morgan fingerprint density at radius 1 is 1.35 bits per heavy atom. The highest BCUT2D eigenvalue weighted by Gasteiger charge is 2.24. The molecule has 1 fully saturated rings. The molecule has 5 nitrogen and oxygen atoms in total. The molecule has 1 aliphatic heterocycles. The van der Waals surface area contributed by atoms with Crippen molar-refractivity contribution in [1.29, 1.82) is 0 Å². The van der Waals surface area contributed by atoms with Crippen molar-refractivity contribution < 1.29 is 0 Å². The second kappa shape index (κ2) is 6.39. The monoisotopic (exact) mass is 278 g/mol. The van der Waals surface area contributed by atoms with Crippen LogP contribution in [0.15, 0.2) is 10.9 Å². The molecular weight excluding hydrogens is 252 g/mol. The summed E-state index contributed by atoms with van der Waals surface area (Å²) in [6, 6.07) is 2.17. The fourth-order valence-corrected chi connectivity index (χ4v) is 2.76. The van der Waals surface area contributed by atoms with Crippen molar-refractivity contribution in [3.8, 4) is 0 Å². The molecule has 0 aromatic carbocycles. The molecule has 1 aliphatic rings. The van der Waals surface area contributed by atoms with Crippen LogP contribution in [0.3, 0.4) is 0 Å². The van der Waals surface area contributed by atoms with Gasteiger partial charge in [0.05, 0.1) is 0 Å². The Bertz CT molecular complexity index is 489. The molecule has 1 unspecified atom stereocenters. The van der Waals surface area contributed by atoms with Crippen LogP contribution in [0.2, 0.25) is 0 Å². The van der Waals surface area contributed by atoms with E-state index in [2.05, 4.69) is 27.1 Å². The van der Waals surface area contributed by atoms with Crippen molar-refractivity contribution in [1.82, 2.24) is 15.3 Å². The predicted octanol–water partition coefficient (Wildman–Crippen LogP) is 1.72. The zero-order valence-corrected chi connectivity index (χ0v) is 12.9. The van der Waals surface area contributed by atoms with Gasteiger partial charge in [-0.3, -0.25) is 4.79 Å². The molecule has 2 heterocycles. The quantitative estimate of drug-likeness (QED) is 0.880. The topological polar surface area (TPSA) is 61.0 Å². The third-order valence-electron chi connectivity index (χ3n) is 4.32. The summed E-state index contributed by atoms with van der Waals surface area (Å²) in [5, 5.41) is 3.33. The molecule has 2 rings (SSSR count). The second-order valence-electron chi connectivity index (χ2n) is 6.05. The Labute approximate surface area is 120 Å². The van der Waals surface area contributed by atoms with Gasteiger partial charge in [-0.15, -0.1) is 0 Å². The molecule has 0 bridgehead atoms. The van der Waals surface area contributed by atoms with Crippen LogP contribution in [0.1, 0.15) is 45.4 Å². The maximum atomic E-state index is 11.7.